The van der Waals surface area contributed by atoms with E-state index in [1.54, 1.807) is 6.92 Å². The topological polar surface area (TPSA) is 174 Å². The molecular formula is C26H23N5O7S. The summed E-state index contributed by atoms with van der Waals surface area (Å²) in [6, 6.07) is 10.4. The Morgan fingerprint density at radius 1 is 1.21 bits per heavy atom. The molecule has 1 aromatic carbocycles. The average molecular weight is 550 g/mol. The minimum Gasteiger partial charge on any atom is -0.481 e. The molecule has 5 rings (SSSR count). The Bertz CT molecular complexity index is 1640. The quantitative estimate of drug-likeness (QED) is 0.451. The zero-order chi connectivity index (χ0) is 28.1. The van der Waals surface area contributed by atoms with E-state index < -0.39 is 44.6 Å². The Kier molecular flexibility index (Phi) is 6.34. The predicted molar refractivity (Wildman–Crippen MR) is 135 cm³/mol. The zero-order valence-electron chi connectivity index (χ0n) is 20.8. The number of nitrogens with zero attached hydrogens (tertiary/aromatic N) is 5. The van der Waals surface area contributed by atoms with Gasteiger partial charge in [-0.2, -0.15) is 18.0 Å². The van der Waals surface area contributed by atoms with Crippen LogP contribution in [0, 0.1) is 18.3 Å². The Morgan fingerprint density at radius 2 is 1.97 bits per heavy atom. The molecule has 1 fully saturated rings. The molecule has 1 unspecified atom stereocenters. The highest BCUT2D eigenvalue weighted by atomic mass is 32.2. The number of fused-ring (bicyclic) bond motifs is 1. The van der Waals surface area contributed by atoms with Crippen LogP contribution >= 0.6 is 0 Å². The summed E-state index contributed by atoms with van der Waals surface area (Å²) in [4.78, 5) is 36.6. The summed E-state index contributed by atoms with van der Waals surface area (Å²) in [5.74, 6) is -2.42. The Hall–Kier alpha value is -4.38. The molecule has 12 nitrogen and oxygen atoms in total. The second kappa shape index (κ2) is 9.42. The fraction of sp³-hybridized carbons (Fsp3) is 0.269. The smallest absolute Gasteiger partial charge is 0.321 e. The number of aliphatic hydroxyl groups excluding tert-OH is 1. The molecule has 0 saturated carbocycles. The number of benzene rings is 1. The SMILES string of the molecule is COc1ncccc1C1(N2C[C@H](O)C[C@H]2C(=O)O)C(=O)N(S(=O)(=O)c2ccc(C)cn2)c2ccc(C#N)cc21. The highest BCUT2D eigenvalue weighted by Gasteiger charge is 2.64. The predicted octanol–water partition coefficient (Wildman–Crippen LogP) is 1.16. The van der Waals surface area contributed by atoms with Crippen molar-refractivity contribution in [3.05, 3.63) is 77.1 Å². The summed E-state index contributed by atoms with van der Waals surface area (Å²) in [5.41, 5.74) is -1.32. The van der Waals surface area contributed by atoms with Crippen molar-refractivity contribution in [2.75, 3.05) is 18.0 Å². The number of nitriles is 1. The average Bonchev–Trinajstić information content (AvgIpc) is 3.44. The summed E-state index contributed by atoms with van der Waals surface area (Å²) >= 11 is 0. The number of methoxy groups -OCH3 is 1. The van der Waals surface area contributed by atoms with Crippen LogP contribution in [0.1, 0.15) is 28.7 Å². The van der Waals surface area contributed by atoms with Gasteiger partial charge < -0.3 is 14.9 Å². The van der Waals surface area contributed by atoms with Crippen molar-refractivity contribution in [2.24, 2.45) is 0 Å². The number of carboxylic acids is 1. The number of aryl methyl sites for hydroxylation is 1. The van der Waals surface area contributed by atoms with Gasteiger partial charge in [0, 0.05) is 36.5 Å². The fourth-order valence-corrected chi connectivity index (χ4v) is 6.70. The molecule has 0 aliphatic carbocycles. The van der Waals surface area contributed by atoms with Gasteiger partial charge >= 0.3 is 5.97 Å². The van der Waals surface area contributed by atoms with Crippen LogP contribution in [0.3, 0.4) is 0 Å². The summed E-state index contributed by atoms with van der Waals surface area (Å²) < 4.78 is 34.0. The van der Waals surface area contributed by atoms with Gasteiger partial charge in [-0.15, -0.1) is 0 Å². The first kappa shape index (κ1) is 26.2. The van der Waals surface area contributed by atoms with Crippen molar-refractivity contribution in [1.29, 1.82) is 5.26 Å². The number of carbonyl (C=O) groups is 2. The van der Waals surface area contributed by atoms with Crippen LogP contribution in [0.15, 0.2) is 59.9 Å². The van der Waals surface area contributed by atoms with Crippen molar-refractivity contribution in [1.82, 2.24) is 14.9 Å². The number of likely N-dealkylation sites (tertiary alicyclic amines) is 1. The first-order valence-electron chi connectivity index (χ1n) is 11.8. The molecule has 2 aliphatic rings. The van der Waals surface area contributed by atoms with E-state index in [0.29, 0.717) is 9.87 Å². The number of hydrogen-bond donors (Lipinski definition) is 2. The standard InChI is InChI=1S/C26H23N5O7S/c1-15-5-8-22(29-13-15)39(36,37)31-20-7-6-16(12-27)10-19(20)26(25(31)35,18-4-3-9-28-23(18)38-2)30-14-17(32)11-21(30)24(33)34/h3-10,13,17,21,32H,11,14H2,1-2H3,(H,33,34)/t17-,21+,26?/m1/s1. The van der Waals surface area contributed by atoms with Crippen LogP contribution in [0.2, 0.25) is 0 Å². The summed E-state index contributed by atoms with van der Waals surface area (Å²) in [7, 11) is -3.32. The van der Waals surface area contributed by atoms with Gasteiger partial charge in [0.05, 0.1) is 30.5 Å². The first-order valence-corrected chi connectivity index (χ1v) is 13.3. The van der Waals surface area contributed by atoms with Gasteiger partial charge in [-0.1, -0.05) is 6.07 Å². The number of β-amino-alcohol motifs (C(OH)–C–C–N with tert-alkyl or cyclic N) is 1. The number of anilines is 1. The zero-order valence-corrected chi connectivity index (χ0v) is 21.7. The van der Waals surface area contributed by atoms with E-state index in [0.717, 1.165) is 0 Å². The number of amides is 1. The second-order valence-corrected chi connectivity index (χ2v) is 11.0. The highest BCUT2D eigenvalue weighted by molar-refractivity contribution is 7.93. The third-order valence-electron chi connectivity index (χ3n) is 6.97. The lowest BCUT2D eigenvalue weighted by molar-refractivity contribution is -0.145. The molecule has 0 spiro atoms. The fourth-order valence-electron chi connectivity index (χ4n) is 5.32. The molecule has 200 valence electrons. The van der Waals surface area contributed by atoms with Gasteiger partial charge in [-0.25, -0.2) is 9.97 Å². The Morgan fingerprint density at radius 3 is 2.62 bits per heavy atom. The van der Waals surface area contributed by atoms with Gasteiger partial charge in [-0.3, -0.25) is 14.5 Å². The number of hydrogen-bond acceptors (Lipinski definition) is 10. The van der Waals surface area contributed by atoms with Gasteiger partial charge in [0.25, 0.3) is 15.9 Å². The minimum atomic E-state index is -4.63. The molecule has 13 heteroatoms. The number of aromatic nitrogens is 2. The van der Waals surface area contributed by atoms with E-state index >= 15 is 0 Å². The maximum Gasteiger partial charge on any atom is 0.321 e. The molecule has 1 saturated heterocycles. The second-order valence-electron chi connectivity index (χ2n) is 9.26. The molecule has 4 heterocycles. The lowest BCUT2D eigenvalue weighted by Crippen LogP contribution is -2.58. The number of aliphatic hydroxyl groups is 1. The molecular weight excluding hydrogens is 526 g/mol. The van der Waals surface area contributed by atoms with E-state index in [9.17, 15) is 33.5 Å². The lowest BCUT2D eigenvalue weighted by Gasteiger charge is -2.40. The molecule has 2 aromatic heterocycles. The van der Waals surface area contributed by atoms with Crippen LogP contribution in [-0.4, -0.2) is 71.2 Å². The van der Waals surface area contributed by atoms with Gasteiger partial charge in [0.2, 0.25) is 5.88 Å². The van der Waals surface area contributed by atoms with Gasteiger partial charge in [0.15, 0.2) is 10.6 Å². The van der Waals surface area contributed by atoms with E-state index in [1.165, 1.54) is 66.9 Å². The van der Waals surface area contributed by atoms with E-state index in [1.807, 2.05) is 6.07 Å². The van der Waals surface area contributed by atoms with Crippen molar-refractivity contribution in [2.45, 2.75) is 36.1 Å². The largest absolute Gasteiger partial charge is 0.481 e. The molecule has 3 atom stereocenters. The molecule has 39 heavy (non-hydrogen) atoms. The van der Waals surface area contributed by atoms with E-state index in [4.69, 9.17) is 4.74 Å². The number of sulfonamides is 1. The van der Waals surface area contributed by atoms with Gasteiger partial charge in [0.1, 0.15) is 6.04 Å². The van der Waals surface area contributed by atoms with Crippen LogP contribution in [0.25, 0.3) is 0 Å². The van der Waals surface area contributed by atoms with Crippen LogP contribution in [-0.2, 0) is 25.2 Å². The summed E-state index contributed by atoms with van der Waals surface area (Å²) in [6.45, 7) is 1.45. The number of aliphatic carboxylic acids is 1. The Labute approximate surface area is 223 Å². The van der Waals surface area contributed by atoms with Crippen molar-refractivity contribution in [3.63, 3.8) is 0 Å². The van der Waals surface area contributed by atoms with E-state index in [-0.39, 0.29) is 41.2 Å². The molecule has 0 radical (unpaired) electrons. The van der Waals surface area contributed by atoms with Crippen LogP contribution < -0.4 is 9.04 Å². The maximum absolute atomic E-state index is 14.7. The van der Waals surface area contributed by atoms with Gasteiger partial charge in [-0.05, 0) is 48.9 Å². The summed E-state index contributed by atoms with van der Waals surface area (Å²) in [5, 5.41) is 30.0. The number of carbonyl (C=O) groups excluding carboxylic acids is 1. The van der Waals surface area contributed by atoms with E-state index in [2.05, 4.69) is 9.97 Å². The highest BCUT2D eigenvalue weighted by Crippen LogP contribution is 2.54. The molecule has 1 amide bonds. The number of rotatable bonds is 6. The van der Waals surface area contributed by atoms with Crippen molar-refractivity contribution < 1.29 is 33.0 Å². The Balaban J connectivity index is 1.89. The third kappa shape index (κ3) is 3.84. The summed E-state index contributed by atoms with van der Waals surface area (Å²) in [6.07, 6.45) is 1.40. The van der Waals surface area contributed by atoms with Crippen molar-refractivity contribution in [3.8, 4) is 11.9 Å². The first-order chi connectivity index (χ1) is 18.6. The molecule has 0 bridgehead atoms. The number of ether oxygens (including phenoxy) is 1. The maximum atomic E-state index is 14.7. The monoisotopic (exact) mass is 549 g/mol. The lowest BCUT2D eigenvalue weighted by atomic mass is 9.81. The number of pyridine rings is 2. The number of carboxylic acid groups (broad SMARTS) is 1. The molecule has 2 N–H and O–H groups in total. The van der Waals surface area contributed by atoms with Crippen LogP contribution in [0.4, 0.5) is 5.69 Å². The molecule has 3 aromatic rings. The van der Waals surface area contributed by atoms with Crippen LogP contribution in [0.5, 0.6) is 5.88 Å². The minimum absolute atomic E-state index is 0.0360. The third-order valence-corrected chi connectivity index (χ3v) is 8.58. The normalized spacial score (nSPS) is 22.9. The molecule has 2 aliphatic heterocycles. The van der Waals surface area contributed by atoms with Crippen molar-refractivity contribution >= 4 is 27.6 Å².